The first kappa shape index (κ1) is 12.4. The summed E-state index contributed by atoms with van der Waals surface area (Å²) in [5.74, 6) is 1.23. The van der Waals surface area contributed by atoms with Crippen molar-refractivity contribution in [1.29, 1.82) is 0 Å². The molecule has 0 spiro atoms. The summed E-state index contributed by atoms with van der Waals surface area (Å²) >= 11 is 0. The first-order valence-electron chi connectivity index (χ1n) is 6.99. The van der Waals surface area contributed by atoms with Gasteiger partial charge in [-0.3, -0.25) is 4.79 Å². The number of carbonyl (C=O) groups excluding carboxylic acids is 1. The Morgan fingerprint density at radius 3 is 2.32 bits per heavy atom. The Labute approximate surface area is 113 Å². The number of aryl methyl sites for hydroxylation is 2. The minimum absolute atomic E-state index is 0.141. The molecule has 2 aliphatic heterocycles. The number of anilines is 1. The number of likely N-dealkylation sites (tertiary alicyclic amines) is 1. The highest BCUT2D eigenvalue weighted by molar-refractivity contribution is 5.82. The molecule has 0 radical (unpaired) electrons. The predicted octanol–water partition coefficient (Wildman–Crippen LogP) is 1.15. The van der Waals surface area contributed by atoms with Gasteiger partial charge < -0.3 is 9.80 Å². The molecule has 0 atom stereocenters. The van der Waals surface area contributed by atoms with Crippen LogP contribution in [0.2, 0.25) is 0 Å². The van der Waals surface area contributed by atoms with Crippen LogP contribution >= 0.6 is 0 Å². The number of amides is 1. The minimum atomic E-state index is 0.141. The summed E-state index contributed by atoms with van der Waals surface area (Å²) in [4.78, 5) is 25.2. The standard InChI is InChI=1S/C14H20N4O/c1-10-7-11(2)16-14(15-10)18-8-12(9-18)13(19)17-5-3-4-6-17/h7,12H,3-6,8-9H2,1-2H3. The molecule has 102 valence electrons. The number of carbonyl (C=O) groups is 1. The summed E-state index contributed by atoms with van der Waals surface area (Å²) in [5.41, 5.74) is 1.97. The van der Waals surface area contributed by atoms with Gasteiger partial charge in [0.25, 0.3) is 0 Å². The van der Waals surface area contributed by atoms with Gasteiger partial charge in [-0.1, -0.05) is 0 Å². The predicted molar refractivity (Wildman–Crippen MR) is 73.0 cm³/mol. The third kappa shape index (κ3) is 2.41. The average molecular weight is 260 g/mol. The molecule has 1 amide bonds. The average Bonchev–Trinajstić information content (AvgIpc) is 2.78. The van der Waals surface area contributed by atoms with E-state index < -0.39 is 0 Å². The van der Waals surface area contributed by atoms with Gasteiger partial charge in [-0.2, -0.15) is 0 Å². The second kappa shape index (κ2) is 4.79. The molecule has 0 aromatic carbocycles. The lowest BCUT2D eigenvalue weighted by Gasteiger charge is -2.40. The molecule has 2 saturated heterocycles. The fourth-order valence-electron chi connectivity index (χ4n) is 2.84. The number of hydrogen-bond acceptors (Lipinski definition) is 4. The molecule has 5 nitrogen and oxygen atoms in total. The third-order valence-electron chi connectivity index (χ3n) is 3.90. The van der Waals surface area contributed by atoms with Gasteiger partial charge in [0.15, 0.2) is 0 Å². The fraction of sp³-hybridized carbons (Fsp3) is 0.643. The zero-order chi connectivity index (χ0) is 13.4. The largest absolute Gasteiger partial charge is 0.342 e. The lowest BCUT2D eigenvalue weighted by molar-refractivity contribution is -0.135. The van der Waals surface area contributed by atoms with Crippen LogP contribution in [0.25, 0.3) is 0 Å². The lowest BCUT2D eigenvalue weighted by Crippen LogP contribution is -2.54. The molecule has 3 rings (SSSR count). The van der Waals surface area contributed by atoms with Gasteiger partial charge in [0.1, 0.15) is 0 Å². The van der Waals surface area contributed by atoms with Crippen LogP contribution in [0.5, 0.6) is 0 Å². The smallest absolute Gasteiger partial charge is 0.229 e. The molecule has 0 N–H and O–H groups in total. The highest BCUT2D eigenvalue weighted by Gasteiger charge is 2.37. The maximum absolute atomic E-state index is 12.2. The Hall–Kier alpha value is -1.65. The van der Waals surface area contributed by atoms with E-state index in [0.717, 1.165) is 56.4 Å². The van der Waals surface area contributed by atoms with E-state index in [-0.39, 0.29) is 5.92 Å². The van der Waals surface area contributed by atoms with Crippen LogP contribution in [0.1, 0.15) is 24.2 Å². The second-order valence-electron chi connectivity index (χ2n) is 5.59. The number of rotatable bonds is 2. The molecule has 0 unspecified atom stereocenters. The van der Waals surface area contributed by atoms with Crippen LogP contribution in [0.15, 0.2) is 6.07 Å². The SMILES string of the molecule is Cc1cc(C)nc(N2CC(C(=O)N3CCCC3)C2)n1. The monoisotopic (exact) mass is 260 g/mol. The van der Waals surface area contributed by atoms with E-state index in [4.69, 9.17) is 0 Å². The van der Waals surface area contributed by atoms with E-state index in [1.54, 1.807) is 0 Å². The summed E-state index contributed by atoms with van der Waals surface area (Å²) in [6.07, 6.45) is 2.31. The van der Waals surface area contributed by atoms with Crippen molar-refractivity contribution in [2.75, 3.05) is 31.1 Å². The summed E-state index contributed by atoms with van der Waals surface area (Å²) in [6, 6.07) is 1.97. The van der Waals surface area contributed by atoms with Crippen LogP contribution in [0.3, 0.4) is 0 Å². The molecule has 0 bridgehead atoms. The first-order valence-corrected chi connectivity index (χ1v) is 6.99. The van der Waals surface area contributed by atoms with E-state index in [9.17, 15) is 4.79 Å². The van der Waals surface area contributed by atoms with Crippen molar-refractivity contribution in [3.8, 4) is 0 Å². The van der Waals surface area contributed by atoms with Gasteiger partial charge in [-0.15, -0.1) is 0 Å². The lowest BCUT2D eigenvalue weighted by atomic mass is 9.99. The van der Waals surface area contributed by atoms with Gasteiger partial charge in [0, 0.05) is 37.6 Å². The molecule has 1 aromatic rings. The Morgan fingerprint density at radius 1 is 1.16 bits per heavy atom. The van der Waals surface area contributed by atoms with Crippen LogP contribution in [0.4, 0.5) is 5.95 Å². The van der Waals surface area contributed by atoms with E-state index in [1.165, 1.54) is 0 Å². The second-order valence-corrected chi connectivity index (χ2v) is 5.59. The van der Waals surface area contributed by atoms with Crippen LogP contribution in [0, 0.1) is 19.8 Å². The van der Waals surface area contributed by atoms with E-state index in [1.807, 2.05) is 24.8 Å². The molecule has 1 aromatic heterocycles. The van der Waals surface area contributed by atoms with Crippen molar-refractivity contribution in [1.82, 2.24) is 14.9 Å². The summed E-state index contributed by atoms with van der Waals surface area (Å²) < 4.78 is 0. The van der Waals surface area contributed by atoms with Gasteiger partial charge in [-0.05, 0) is 32.8 Å². The minimum Gasteiger partial charge on any atom is -0.342 e. The summed E-state index contributed by atoms with van der Waals surface area (Å²) in [5, 5.41) is 0. The van der Waals surface area contributed by atoms with Gasteiger partial charge in [0.05, 0.1) is 5.92 Å². The Balaban J connectivity index is 1.61. The van der Waals surface area contributed by atoms with E-state index in [2.05, 4.69) is 14.9 Å². The van der Waals surface area contributed by atoms with Crippen molar-refractivity contribution in [3.63, 3.8) is 0 Å². The molecule has 19 heavy (non-hydrogen) atoms. The number of aromatic nitrogens is 2. The van der Waals surface area contributed by atoms with Crippen LogP contribution in [-0.2, 0) is 4.79 Å². The molecule has 2 aliphatic rings. The molecule has 3 heterocycles. The third-order valence-corrected chi connectivity index (χ3v) is 3.90. The quantitative estimate of drug-likeness (QED) is 0.800. The Bertz CT molecular complexity index is 470. The van der Waals surface area contributed by atoms with Crippen LogP contribution < -0.4 is 4.90 Å². The molecular formula is C14H20N4O. The zero-order valence-corrected chi connectivity index (χ0v) is 11.6. The molecule has 0 saturated carbocycles. The van der Waals surface area contributed by atoms with E-state index >= 15 is 0 Å². The van der Waals surface area contributed by atoms with Crippen molar-refractivity contribution >= 4 is 11.9 Å². The highest BCUT2D eigenvalue weighted by Crippen LogP contribution is 2.24. The normalized spacial score (nSPS) is 19.7. The molecule has 2 fully saturated rings. The van der Waals surface area contributed by atoms with Crippen molar-refractivity contribution in [3.05, 3.63) is 17.5 Å². The highest BCUT2D eigenvalue weighted by atomic mass is 16.2. The summed E-state index contributed by atoms with van der Waals surface area (Å²) in [6.45, 7) is 7.36. The number of nitrogens with zero attached hydrogens (tertiary/aromatic N) is 4. The zero-order valence-electron chi connectivity index (χ0n) is 11.6. The summed E-state index contributed by atoms with van der Waals surface area (Å²) in [7, 11) is 0. The number of hydrogen-bond donors (Lipinski definition) is 0. The Morgan fingerprint density at radius 2 is 1.74 bits per heavy atom. The Kier molecular flexibility index (Phi) is 3.12. The maximum Gasteiger partial charge on any atom is 0.229 e. The maximum atomic E-state index is 12.2. The van der Waals surface area contributed by atoms with Gasteiger partial charge >= 0.3 is 0 Å². The van der Waals surface area contributed by atoms with Crippen molar-refractivity contribution < 1.29 is 4.79 Å². The van der Waals surface area contributed by atoms with E-state index in [0.29, 0.717) is 5.91 Å². The molecule has 0 aliphatic carbocycles. The topological polar surface area (TPSA) is 49.3 Å². The van der Waals surface area contributed by atoms with Crippen molar-refractivity contribution in [2.45, 2.75) is 26.7 Å². The van der Waals surface area contributed by atoms with Crippen molar-refractivity contribution in [2.24, 2.45) is 5.92 Å². The van der Waals surface area contributed by atoms with Crippen LogP contribution in [-0.4, -0.2) is 47.0 Å². The molecular weight excluding hydrogens is 240 g/mol. The first-order chi connectivity index (χ1) is 9.13. The fourth-order valence-corrected chi connectivity index (χ4v) is 2.84. The van der Waals surface area contributed by atoms with Gasteiger partial charge in [0.2, 0.25) is 11.9 Å². The molecule has 5 heteroatoms. The van der Waals surface area contributed by atoms with Gasteiger partial charge in [-0.25, -0.2) is 9.97 Å².